The molecule has 1 atom stereocenters. The van der Waals surface area contributed by atoms with Crippen LogP contribution in [0.3, 0.4) is 0 Å². The molecule has 0 bridgehead atoms. The summed E-state index contributed by atoms with van der Waals surface area (Å²) in [6.07, 6.45) is 4.82. The number of nitrogens with one attached hydrogen (secondary N) is 1. The molecule has 20 heavy (non-hydrogen) atoms. The highest BCUT2D eigenvalue weighted by Gasteiger charge is 2.25. The van der Waals surface area contributed by atoms with Gasteiger partial charge in [0.1, 0.15) is 0 Å². The molecule has 1 unspecified atom stereocenters. The van der Waals surface area contributed by atoms with Gasteiger partial charge < -0.3 is 15.0 Å². The van der Waals surface area contributed by atoms with Gasteiger partial charge in [-0.15, -0.1) is 0 Å². The fraction of sp³-hybridized carbons (Fsp3) is 0.800. The first-order chi connectivity index (χ1) is 9.80. The van der Waals surface area contributed by atoms with Gasteiger partial charge in [0.2, 0.25) is 0 Å². The number of ether oxygens (including phenoxy) is 1. The fourth-order valence-corrected chi connectivity index (χ4v) is 3.96. The van der Waals surface area contributed by atoms with E-state index in [-0.39, 0.29) is 0 Å². The van der Waals surface area contributed by atoms with Crippen LogP contribution in [-0.4, -0.2) is 38.3 Å². The molecule has 0 aromatic carbocycles. The molecule has 0 saturated heterocycles. The number of hydrogen-bond donors (Lipinski definition) is 1. The van der Waals surface area contributed by atoms with E-state index in [2.05, 4.69) is 24.1 Å². The van der Waals surface area contributed by atoms with E-state index in [1.54, 1.807) is 7.11 Å². The van der Waals surface area contributed by atoms with Gasteiger partial charge in [0, 0.05) is 31.1 Å². The van der Waals surface area contributed by atoms with Crippen molar-refractivity contribution in [2.45, 2.75) is 45.6 Å². The average Bonchev–Trinajstić information content (AvgIpc) is 2.90. The van der Waals surface area contributed by atoms with E-state index in [4.69, 9.17) is 9.72 Å². The van der Waals surface area contributed by atoms with Gasteiger partial charge in [-0.2, -0.15) is 0 Å². The number of aromatic nitrogens is 1. The minimum absolute atomic E-state index is 0.520. The number of rotatable bonds is 8. The molecule has 1 aliphatic rings. The highest BCUT2D eigenvalue weighted by atomic mass is 32.1. The molecule has 2 rings (SSSR count). The van der Waals surface area contributed by atoms with Crippen LogP contribution in [0.5, 0.6) is 0 Å². The van der Waals surface area contributed by atoms with Crippen LogP contribution in [0.15, 0.2) is 0 Å². The molecular formula is C15H27N3OS. The number of likely N-dealkylation sites (N-methyl/N-ethyl adjacent to an activating group) is 1. The summed E-state index contributed by atoms with van der Waals surface area (Å²) < 4.78 is 5.19. The highest BCUT2D eigenvalue weighted by molar-refractivity contribution is 7.15. The van der Waals surface area contributed by atoms with E-state index in [1.165, 1.54) is 35.0 Å². The largest absolute Gasteiger partial charge is 0.383 e. The smallest absolute Gasteiger partial charge is 0.185 e. The summed E-state index contributed by atoms with van der Waals surface area (Å²) in [4.78, 5) is 8.67. The summed E-state index contributed by atoms with van der Waals surface area (Å²) in [6.45, 7) is 8.17. The van der Waals surface area contributed by atoms with E-state index in [1.807, 2.05) is 11.3 Å². The number of methoxy groups -OCH3 is 1. The third-order valence-corrected chi connectivity index (χ3v) is 5.07. The van der Waals surface area contributed by atoms with Crippen LogP contribution < -0.4 is 10.2 Å². The van der Waals surface area contributed by atoms with Gasteiger partial charge >= 0.3 is 0 Å². The lowest BCUT2D eigenvalue weighted by molar-refractivity contribution is 0.205. The SMILES string of the molecule is CCCNC1CCCc2nc(N(CC)CCOC)sc21. The molecule has 0 amide bonds. The van der Waals surface area contributed by atoms with Gasteiger partial charge in [0.05, 0.1) is 12.3 Å². The predicted octanol–water partition coefficient (Wildman–Crippen LogP) is 2.99. The lowest BCUT2D eigenvalue weighted by Crippen LogP contribution is -2.26. The first kappa shape index (κ1) is 15.7. The van der Waals surface area contributed by atoms with Crippen LogP contribution in [0.2, 0.25) is 0 Å². The highest BCUT2D eigenvalue weighted by Crippen LogP contribution is 2.37. The summed E-state index contributed by atoms with van der Waals surface area (Å²) in [5.74, 6) is 0. The number of thiazole rings is 1. The van der Waals surface area contributed by atoms with Crippen molar-refractivity contribution >= 4 is 16.5 Å². The molecule has 0 radical (unpaired) electrons. The lowest BCUT2D eigenvalue weighted by atomic mass is 9.98. The third kappa shape index (κ3) is 3.71. The number of hydrogen-bond acceptors (Lipinski definition) is 5. The van der Waals surface area contributed by atoms with Crippen molar-refractivity contribution in [3.05, 3.63) is 10.6 Å². The minimum atomic E-state index is 0.520. The van der Waals surface area contributed by atoms with Crippen molar-refractivity contribution in [3.63, 3.8) is 0 Å². The van der Waals surface area contributed by atoms with Crippen molar-refractivity contribution in [3.8, 4) is 0 Å². The summed E-state index contributed by atoms with van der Waals surface area (Å²) >= 11 is 1.87. The second-order valence-corrected chi connectivity index (χ2v) is 6.29. The molecule has 5 heteroatoms. The number of anilines is 1. The summed E-state index contributed by atoms with van der Waals surface area (Å²) in [7, 11) is 1.76. The zero-order valence-corrected chi connectivity index (χ0v) is 13.8. The number of aryl methyl sites for hydroxylation is 1. The Bertz CT molecular complexity index is 408. The van der Waals surface area contributed by atoms with E-state index in [9.17, 15) is 0 Å². The zero-order valence-electron chi connectivity index (χ0n) is 12.9. The Morgan fingerprint density at radius 2 is 2.30 bits per heavy atom. The van der Waals surface area contributed by atoms with Crippen molar-refractivity contribution < 1.29 is 4.74 Å². The van der Waals surface area contributed by atoms with E-state index < -0.39 is 0 Å². The molecule has 1 N–H and O–H groups in total. The van der Waals surface area contributed by atoms with Crippen molar-refractivity contribution in [1.82, 2.24) is 10.3 Å². The van der Waals surface area contributed by atoms with Crippen molar-refractivity contribution in [2.75, 3.05) is 38.3 Å². The second-order valence-electron chi connectivity index (χ2n) is 5.28. The standard InChI is InChI=1S/C15H27N3OS/c1-4-9-16-12-7-6-8-13-14(12)20-15(17-13)18(5-2)10-11-19-3/h12,16H,4-11H2,1-3H3. The Kier molecular flexibility index (Phi) is 6.26. The first-order valence-corrected chi connectivity index (χ1v) is 8.58. The topological polar surface area (TPSA) is 37.4 Å². The maximum atomic E-state index is 5.19. The molecule has 114 valence electrons. The normalized spacial score (nSPS) is 18.1. The Labute approximate surface area is 126 Å². The van der Waals surface area contributed by atoms with Gasteiger partial charge in [-0.05, 0) is 39.2 Å². The van der Waals surface area contributed by atoms with Gasteiger partial charge in [0.25, 0.3) is 0 Å². The maximum absolute atomic E-state index is 5.19. The maximum Gasteiger partial charge on any atom is 0.185 e. The Morgan fingerprint density at radius 3 is 3.00 bits per heavy atom. The summed E-state index contributed by atoms with van der Waals surface area (Å²) in [6, 6.07) is 0.520. The van der Waals surface area contributed by atoms with E-state index in [0.29, 0.717) is 6.04 Å². The third-order valence-electron chi connectivity index (χ3n) is 3.80. The lowest BCUT2D eigenvalue weighted by Gasteiger charge is -2.22. The first-order valence-electron chi connectivity index (χ1n) is 7.77. The molecule has 1 aromatic rings. The average molecular weight is 297 g/mol. The van der Waals surface area contributed by atoms with Crippen LogP contribution in [0.25, 0.3) is 0 Å². The summed E-state index contributed by atoms with van der Waals surface area (Å²) in [5.41, 5.74) is 1.32. The van der Waals surface area contributed by atoms with E-state index >= 15 is 0 Å². The van der Waals surface area contributed by atoms with Crippen LogP contribution in [0.1, 0.15) is 49.7 Å². The van der Waals surface area contributed by atoms with Gasteiger partial charge in [-0.25, -0.2) is 4.98 Å². The molecule has 4 nitrogen and oxygen atoms in total. The molecule has 0 aliphatic heterocycles. The van der Waals surface area contributed by atoms with E-state index in [0.717, 1.165) is 32.7 Å². The van der Waals surface area contributed by atoms with Gasteiger partial charge in [0.15, 0.2) is 5.13 Å². The Morgan fingerprint density at radius 1 is 1.45 bits per heavy atom. The molecule has 1 aromatic heterocycles. The molecule has 0 saturated carbocycles. The van der Waals surface area contributed by atoms with Crippen LogP contribution in [-0.2, 0) is 11.2 Å². The van der Waals surface area contributed by atoms with Crippen molar-refractivity contribution in [1.29, 1.82) is 0 Å². The number of fused-ring (bicyclic) bond motifs is 1. The molecule has 1 heterocycles. The second kappa shape index (κ2) is 7.96. The van der Waals surface area contributed by atoms with Crippen LogP contribution in [0, 0.1) is 0 Å². The molecule has 1 aliphatic carbocycles. The van der Waals surface area contributed by atoms with Crippen molar-refractivity contribution in [2.24, 2.45) is 0 Å². The quantitative estimate of drug-likeness (QED) is 0.800. The Balaban J connectivity index is 2.11. The van der Waals surface area contributed by atoms with Gasteiger partial charge in [-0.1, -0.05) is 18.3 Å². The molecule has 0 fully saturated rings. The van der Waals surface area contributed by atoms with Crippen LogP contribution in [0.4, 0.5) is 5.13 Å². The Hall–Kier alpha value is -0.650. The van der Waals surface area contributed by atoms with Crippen LogP contribution >= 0.6 is 11.3 Å². The molecular weight excluding hydrogens is 270 g/mol. The summed E-state index contributed by atoms with van der Waals surface area (Å²) in [5, 5.41) is 4.83. The molecule has 0 spiro atoms. The predicted molar refractivity (Wildman–Crippen MR) is 85.8 cm³/mol. The monoisotopic (exact) mass is 297 g/mol. The minimum Gasteiger partial charge on any atom is -0.383 e. The number of nitrogens with zero attached hydrogens (tertiary/aromatic N) is 2. The van der Waals surface area contributed by atoms with Gasteiger partial charge in [-0.3, -0.25) is 0 Å². The fourth-order valence-electron chi connectivity index (χ4n) is 2.65. The zero-order chi connectivity index (χ0) is 14.4.